The molecular formula is C66H94N2O2Pd. The Balaban J connectivity index is 0.000000537. The Morgan fingerprint density at radius 3 is 1.18 bits per heavy atom. The number of hydrogen-bond acceptors (Lipinski definition) is 2. The Labute approximate surface area is 443 Å². The van der Waals surface area contributed by atoms with Crippen molar-refractivity contribution in [1.82, 2.24) is 0 Å². The molecule has 4 nitrogen and oxygen atoms in total. The number of allylic oxidation sites excluding steroid dienone is 2. The molecular weight excluding hydrogens is 959 g/mol. The minimum atomic E-state index is -0.109. The van der Waals surface area contributed by atoms with Crippen LogP contribution in [0.2, 0.25) is 0 Å². The van der Waals surface area contributed by atoms with Crippen LogP contribution in [0.3, 0.4) is 0 Å². The number of nitrogens with zero attached hydrogens (tertiary/aromatic N) is 2. The molecule has 0 spiro atoms. The van der Waals surface area contributed by atoms with Gasteiger partial charge in [0.05, 0.1) is 0 Å². The number of aryl methyl sites for hydroxylation is 4. The molecule has 4 aromatic carbocycles. The monoisotopic (exact) mass is 1050 g/mol. The maximum atomic E-state index is 12.5. The first-order chi connectivity index (χ1) is 35.0. The molecule has 0 amide bonds. The molecule has 0 radical (unpaired) electrons. The number of unbranched alkanes of at least 4 members (excludes halogenated alkanes) is 17. The molecule has 4 aromatic rings. The Morgan fingerprint density at radius 1 is 0.408 bits per heavy atom. The van der Waals surface area contributed by atoms with Crippen molar-refractivity contribution in [3.63, 3.8) is 0 Å². The van der Waals surface area contributed by atoms with E-state index in [9.17, 15) is 5.53 Å². The zero-order valence-electron chi connectivity index (χ0n) is 45.5. The van der Waals surface area contributed by atoms with Crippen molar-refractivity contribution in [1.29, 1.82) is 0 Å². The predicted octanol–water partition coefficient (Wildman–Crippen LogP) is 19.8. The van der Waals surface area contributed by atoms with Gasteiger partial charge in [-0.2, -0.15) is 0 Å². The molecule has 1 aliphatic heterocycles. The van der Waals surface area contributed by atoms with E-state index in [1.165, 1.54) is 161 Å². The van der Waals surface area contributed by atoms with E-state index in [0.29, 0.717) is 13.2 Å². The first-order valence-corrected chi connectivity index (χ1v) is 29.9. The standard InChI is InChI=1S/C52H80N2.2C7H7O.Pd/c1-7-13-19-20-21-22-23-24-25-26-27-28-29-30-36-50-49(35-18-12-6)51(47-39-43(31-14-8-2)37-44(40-47)32-15-9-3)54(53)52(50)48-41-45(33-16-10-4)38-46(42-48)34-17-11-5;2*8-6-7-4-2-1-3-5-7;/h37-42H,7-29,31-35H2,1-6H3;2*1-5H,6H2;/q;2*-1;+2. The van der Waals surface area contributed by atoms with Crippen molar-refractivity contribution in [2.24, 2.45) is 0 Å². The predicted molar refractivity (Wildman–Crippen MR) is 300 cm³/mol. The third-order valence-corrected chi connectivity index (χ3v) is 14.3. The van der Waals surface area contributed by atoms with Crippen molar-refractivity contribution < 1.29 is 30.3 Å². The summed E-state index contributed by atoms with van der Waals surface area (Å²) in [6.07, 6.45) is 34.1. The van der Waals surface area contributed by atoms with Gasteiger partial charge in [0.2, 0.25) is 11.4 Å². The third-order valence-electron chi connectivity index (χ3n) is 13.5. The Morgan fingerprint density at radius 2 is 0.775 bits per heavy atom. The molecule has 71 heavy (non-hydrogen) atoms. The van der Waals surface area contributed by atoms with Crippen LogP contribution in [0.5, 0.6) is 0 Å². The summed E-state index contributed by atoms with van der Waals surface area (Å²) in [4.78, 5) is 0. The SMILES string of the molecule is CCCCCCCCCCCCCCC#CC1=C(c2cc(CCCC)cc(CCCC)c2)[N+](=[N-])C(c2cc(CCCC)cc(CCCC)c2)=C1CCCC.c1ccc(C[O][Pd][O]Cc2ccccc2)cc1. The van der Waals surface area contributed by atoms with Crippen molar-refractivity contribution in [2.75, 3.05) is 0 Å². The van der Waals surface area contributed by atoms with Gasteiger partial charge in [-0.1, -0.05) is 168 Å². The molecule has 0 aromatic heterocycles. The minimum absolute atomic E-state index is 0.109. The van der Waals surface area contributed by atoms with Crippen LogP contribution < -0.4 is 0 Å². The van der Waals surface area contributed by atoms with Gasteiger partial charge in [-0.15, -0.1) is 0 Å². The Hall–Kier alpha value is -3.90. The van der Waals surface area contributed by atoms with Gasteiger partial charge in [-0.25, -0.2) is 4.70 Å². The molecule has 390 valence electrons. The molecule has 1 aliphatic rings. The van der Waals surface area contributed by atoms with E-state index in [4.69, 9.17) is 6.92 Å². The Kier molecular flexibility index (Phi) is 31.8. The molecule has 0 saturated carbocycles. The quantitative estimate of drug-likeness (QED) is 0.0199. The fourth-order valence-corrected chi connectivity index (χ4v) is 10.2. The van der Waals surface area contributed by atoms with Gasteiger partial charge in [0.15, 0.2) is 0 Å². The molecule has 0 N–H and O–H groups in total. The van der Waals surface area contributed by atoms with Gasteiger partial charge in [0.1, 0.15) is 5.57 Å². The van der Waals surface area contributed by atoms with E-state index in [-0.39, 0.29) is 18.7 Å². The first kappa shape index (κ1) is 59.7. The zero-order chi connectivity index (χ0) is 50.6. The molecule has 5 heteroatoms. The zero-order valence-corrected chi connectivity index (χ0v) is 47.0. The maximum absolute atomic E-state index is 12.5. The second-order valence-electron chi connectivity index (χ2n) is 19.9. The summed E-state index contributed by atoms with van der Waals surface area (Å²) < 4.78 is 12.5. The Bertz CT molecular complexity index is 2100. The second-order valence-corrected chi connectivity index (χ2v) is 21.0. The van der Waals surface area contributed by atoms with Gasteiger partial charge in [0, 0.05) is 23.1 Å². The summed E-state index contributed by atoms with van der Waals surface area (Å²) in [6.45, 7) is 14.9. The number of benzene rings is 4. The van der Waals surface area contributed by atoms with Crippen molar-refractivity contribution in [3.05, 3.63) is 158 Å². The topological polar surface area (TPSA) is 43.8 Å². The summed E-state index contributed by atoms with van der Waals surface area (Å²) in [5.74, 6) is 7.41. The van der Waals surface area contributed by atoms with E-state index in [1.54, 1.807) is 4.70 Å². The molecule has 0 aliphatic carbocycles. The van der Waals surface area contributed by atoms with Crippen LogP contribution in [0.15, 0.2) is 108 Å². The van der Waals surface area contributed by atoms with Crippen molar-refractivity contribution in [3.8, 4) is 11.8 Å². The van der Waals surface area contributed by atoms with Crippen LogP contribution >= 0.6 is 0 Å². The third kappa shape index (κ3) is 23.2. The normalized spacial score (nSPS) is 12.4. The van der Waals surface area contributed by atoms with Gasteiger partial charge in [-0.3, -0.25) is 0 Å². The van der Waals surface area contributed by atoms with Gasteiger partial charge >= 0.3 is 111 Å². The van der Waals surface area contributed by atoms with E-state index >= 15 is 0 Å². The summed E-state index contributed by atoms with van der Waals surface area (Å²) in [5.41, 5.74) is 26.9. The molecule has 0 fully saturated rings. The molecule has 0 saturated heterocycles. The summed E-state index contributed by atoms with van der Waals surface area (Å²) in [7, 11) is 0. The van der Waals surface area contributed by atoms with Crippen LogP contribution in [0.25, 0.3) is 16.9 Å². The summed E-state index contributed by atoms with van der Waals surface area (Å²) in [6, 6.07) is 34.6. The molecule has 5 rings (SSSR count). The van der Waals surface area contributed by atoms with Gasteiger partial charge in [-0.05, 0) is 117 Å². The molecule has 0 atom stereocenters. The van der Waals surface area contributed by atoms with Crippen molar-refractivity contribution >= 4 is 11.4 Å². The summed E-state index contributed by atoms with van der Waals surface area (Å²) >= 11 is -0.109. The van der Waals surface area contributed by atoms with E-state index in [2.05, 4.69) is 89.8 Å². The molecule has 0 bridgehead atoms. The van der Waals surface area contributed by atoms with Crippen LogP contribution in [0.1, 0.15) is 240 Å². The number of hydrogen-bond donors (Lipinski definition) is 0. The second kappa shape index (κ2) is 37.8. The average Bonchev–Trinajstić information content (AvgIpc) is 3.68. The van der Waals surface area contributed by atoms with Crippen LogP contribution in [-0.4, -0.2) is 4.70 Å². The van der Waals surface area contributed by atoms with Crippen LogP contribution in [0.4, 0.5) is 0 Å². The first-order valence-electron chi connectivity index (χ1n) is 28.6. The van der Waals surface area contributed by atoms with E-state index in [0.717, 1.165) is 85.9 Å². The van der Waals surface area contributed by atoms with Crippen LogP contribution in [-0.2, 0) is 64.5 Å². The fraction of sp³-hybridized carbons (Fsp3) is 0.545. The van der Waals surface area contributed by atoms with Gasteiger partial charge < -0.3 is 5.53 Å². The van der Waals surface area contributed by atoms with Crippen molar-refractivity contribution in [2.45, 2.75) is 235 Å². The van der Waals surface area contributed by atoms with E-state index < -0.39 is 0 Å². The number of rotatable bonds is 35. The molecule has 0 unspecified atom stereocenters. The summed E-state index contributed by atoms with van der Waals surface area (Å²) in [5, 5.41) is 0. The van der Waals surface area contributed by atoms with E-state index in [1.807, 2.05) is 60.7 Å². The average molecular weight is 1050 g/mol. The fourth-order valence-electron chi connectivity index (χ4n) is 9.32. The van der Waals surface area contributed by atoms with Crippen LogP contribution in [0, 0.1) is 11.8 Å². The molecule has 1 heterocycles. The van der Waals surface area contributed by atoms with Gasteiger partial charge in [0.25, 0.3) is 0 Å².